The van der Waals surface area contributed by atoms with E-state index in [1.165, 1.54) is 18.7 Å². The Balaban J connectivity index is 4.04. The van der Waals surface area contributed by atoms with Crippen LogP contribution in [0.3, 0.4) is 0 Å². The Labute approximate surface area is 112 Å². The molecular weight excluding hydrogens is 254 g/mol. The topological polar surface area (TPSA) is 83.5 Å². The monoisotopic (exact) mass is 275 g/mol. The highest BCUT2D eigenvalue weighted by Gasteiger charge is 2.20. The molecule has 0 saturated heterocycles. The van der Waals surface area contributed by atoms with Crippen molar-refractivity contribution in [1.29, 1.82) is 0 Å². The van der Waals surface area contributed by atoms with Gasteiger partial charge in [-0.1, -0.05) is 20.8 Å². The first-order valence-corrected chi connectivity index (χ1v) is 7.01. The summed E-state index contributed by atoms with van der Waals surface area (Å²) >= 11 is 1.26. The molecule has 18 heavy (non-hydrogen) atoms. The highest BCUT2D eigenvalue weighted by atomic mass is 32.2. The molecule has 0 fully saturated rings. The molecule has 0 aliphatic rings. The molecule has 0 rings (SSSR count). The summed E-state index contributed by atoms with van der Waals surface area (Å²) in [5, 5.41) is 11.3. The minimum absolute atomic E-state index is 0.0504. The molecule has 104 valence electrons. The van der Waals surface area contributed by atoms with Crippen LogP contribution < -0.4 is 5.32 Å². The summed E-state index contributed by atoms with van der Waals surface area (Å²) in [5.74, 6) is -1.03. The van der Waals surface area contributed by atoms with Crippen LogP contribution in [-0.4, -0.2) is 40.3 Å². The van der Waals surface area contributed by atoms with Gasteiger partial charge in [0.15, 0.2) is 5.78 Å². The van der Waals surface area contributed by atoms with E-state index in [4.69, 9.17) is 5.11 Å². The van der Waals surface area contributed by atoms with E-state index in [0.717, 1.165) is 0 Å². The van der Waals surface area contributed by atoms with Crippen molar-refractivity contribution in [2.45, 2.75) is 33.7 Å². The molecular formula is C12H21NO4S. The fourth-order valence-electron chi connectivity index (χ4n) is 1.35. The van der Waals surface area contributed by atoms with Crippen molar-refractivity contribution < 1.29 is 19.5 Å². The number of carbonyl (C=O) groups excluding carboxylic acids is 2. The first-order valence-electron chi connectivity index (χ1n) is 5.86. The molecule has 2 unspecified atom stereocenters. The number of ketones is 1. The summed E-state index contributed by atoms with van der Waals surface area (Å²) < 4.78 is 0. The Hall–Kier alpha value is -1.04. The Morgan fingerprint density at radius 3 is 2.17 bits per heavy atom. The minimum atomic E-state index is -0.869. The summed E-state index contributed by atoms with van der Waals surface area (Å²) in [6, 6.07) is -0.463. The normalized spacial score (nSPS) is 14.1. The zero-order chi connectivity index (χ0) is 14.3. The van der Waals surface area contributed by atoms with Crippen LogP contribution in [0.15, 0.2) is 0 Å². The summed E-state index contributed by atoms with van der Waals surface area (Å²) in [5.41, 5.74) is 0. The lowest BCUT2D eigenvalue weighted by Gasteiger charge is -2.19. The van der Waals surface area contributed by atoms with Crippen molar-refractivity contribution in [1.82, 2.24) is 5.32 Å². The molecule has 0 aromatic carbocycles. The van der Waals surface area contributed by atoms with Gasteiger partial charge >= 0.3 is 5.97 Å². The summed E-state index contributed by atoms with van der Waals surface area (Å²) in [6.07, 6.45) is 0. The lowest BCUT2D eigenvalue weighted by Crippen LogP contribution is -2.44. The molecule has 0 aliphatic carbocycles. The van der Waals surface area contributed by atoms with Gasteiger partial charge in [-0.05, 0) is 12.8 Å². The minimum Gasteiger partial charge on any atom is -0.481 e. The van der Waals surface area contributed by atoms with E-state index >= 15 is 0 Å². The van der Waals surface area contributed by atoms with Gasteiger partial charge in [0.25, 0.3) is 0 Å². The number of thioether (sulfide) groups is 1. The maximum Gasteiger partial charge on any atom is 0.307 e. The second-order valence-electron chi connectivity index (χ2n) is 4.65. The van der Waals surface area contributed by atoms with Gasteiger partial charge in [0, 0.05) is 5.75 Å². The second kappa shape index (κ2) is 8.13. The third-order valence-electron chi connectivity index (χ3n) is 2.44. The van der Waals surface area contributed by atoms with Crippen LogP contribution >= 0.6 is 11.8 Å². The molecule has 1 amide bonds. The van der Waals surface area contributed by atoms with Crippen LogP contribution in [0.25, 0.3) is 0 Å². The number of carboxylic acids is 1. The lowest BCUT2D eigenvalue weighted by molar-refractivity contribution is -0.140. The van der Waals surface area contributed by atoms with E-state index in [9.17, 15) is 14.4 Å². The van der Waals surface area contributed by atoms with E-state index < -0.39 is 17.9 Å². The quantitative estimate of drug-likeness (QED) is 0.694. The Kier molecular flexibility index (Phi) is 7.66. The lowest BCUT2D eigenvalue weighted by atomic mass is 10.0. The van der Waals surface area contributed by atoms with Crippen molar-refractivity contribution in [3.63, 3.8) is 0 Å². The molecule has 0 aromatic heterocycles. The number of aliphatic carboxylic acids is 1. The summed E-state index contributed by atoms with van der Waals surface area (Å²) in [6.45, 7) is 6.78. The number of rotatable bonds is 8. The molecule has 0 aliphatic heterocycles. The smallest absolute Gasteiger partial charge is 0.307 e. The number of Topliss-reactive ketones (excluding diaryl/α,β-unsaturated/α-hetero) is 1. The average Bonchev–Trinajstić information content (AvgIpc) is 2.24. The third kappa shape index (κ3) is 6.64. The Morgan fingerprint density at radius 2 is 1.78 bits per heavy atom. The van der Waals surface area contributed by atoms with Crippen molar-refractivity contribution in [2.24, 2.45) is 11.8 Å². The van der Waals surface area contributed by atoms with Crippen LogP contribution in [0.2, 0.25) is 0 Å². The second-order valence-corrected chi connectivity index (χ2v) is 5.68. The standard InChI is InChI=1S/C12H21NO4S/c1-7(2)11(9(4)14)13-10(15)6-18-5-8(3)12(16)17/h7-8,11H,5-6H2,1-4H3,(H,13,15)(H,16,17). The molecule has 5 nitrogen and oxygen atoms in total. The third-order valence-corrected chi connectivity index (χ3v) is 3.65. The van der Waals surface area contributed by atoms with E-state index in [2.05, 4.69) is 5.32 Å². The molecule has 2 N–H and O–H groups in total. The zero-order valence-electron chi connectivity index (χ0n) is 11.2. The van der Waals surface area contributed by atoms with Gasteiger partial charge in [-0.25, -0.2) is 0 Å². The van der Waals surface area contributed by atoms with Gasteiger partial charge in [-0.3, -0.25) is 14.4 Å². The van der Waals surface area contributed by atoms with Crippen molar-refractivity contribution in [3.05, 3.63) is 0 Å². The van der Waals surface area contributed by atoms with Crippen LogP contribution in [0, 0.1) is 11.8 Å². The highest BCUT2D eigenvalue weighted by molar-refractivity contribution is 7.99. The van der Waals surface area contributed by atoms with Crippen LogP contribution in [0.1, 0.15) is 27.7 Å². The van der Waals surface area contributed by atoms with Crippen molar-refractivity contribution >= 4 is 29.4 Å². The van der Waals surface area contributed by atoms with E-state index in [0.29, 0.717) is 5.75 Å². The molecule has 2 atom stereocenters. The maximum absolute atomic E-state index is 11.6. The number of carbonyl (C=O) groups is 3. The van der Waals surface area contributed by atoms with Gasteiger partial charge < -0.3 is 10.4 Å². The molecule has 0 bridgehead atoms. The van der Waals surface area contributed by atoms with E-state index in [-0.39, 0.29) is 23.4 Å². The first kappa shape index (κ1) is 17.0. The largest absolute Gasteiger partial charge is 0.481 e. The van der Waals surface area contributed by atoms with Crippen LogP contribution in [0.5, 0.6) is 0 Å². The fraction of sp³-hybridized carbons (Fsp3) is 0.750. The highest BCUT2D eigenvalue weighted by Crippen LogP contribution is 2.09. The predicted molar refractivity (Wildman–Crippen MR) is 71.6 cm³/mol. The van der Waals surface area contributed by atoms with Crippen molar-refractivity contribution in [3.8, 4) is 0 Å². The fourth-order valence-corrected chi connectivity index (χ4v) is 2.24. The number of hydrogen-bond acceptors (Lipinski definition) is 4. The average molecular weight is 275 g/mol. The predicted octanol–water partition coefficient (Wildman–Crippen LogP) is 1.17. The first-order chi connectivity index (χ1) is 8.25. The maximum atomic E-state index is 11.6. The molecule has 0 aromatic rings. The SMILES string of the molecule is CC(=O)C(NC(=O)CSCC(C)C(=O)O)C(C)C. The zero-order valence-corrected chi connectivity index (χ0v) is 12.0. The molecule has 0 saturated carbocycles. The Bertz CT molecular complexity index is 317. The molecule has 0 spiro atoms. The number of amides is 1. The van der Waals surface area contributed by atoms with E-state index in [1.54, 1.807) is 6.92 Å². The summed E-state index contributed by atoms with van der Waals surface area (Å²) in [7, 11) is 0. The Morgan fingerprint density at radius 1 is 1.22 bits per heavy atom. The van der Waals surface area contributed by atoms with Crippen LogP contribution in [-0.2, 0) is 14.4 Å². The van der Waals surface area contributed by atoms with Crippen molar-refractivity contribution in [2.75, 3.05) is 11.5 Å². The number of hydrogen-bond donors (Lipinski definition) is 2. The molecule has 0 radical (unpaired) electrons. The van der Waals surface area contributed by atoms with Gasteiger partial charge in [0.05, 0.1) is 17.7 Å². The van der Waals surface area contributed by atoms with Gasteiger partial charge in [-0.2, -0.15) is 11.8 Å². The van der Waals surface area contributed by atoms with Gasteiger partial charge in [0.2, 0.25) is 5.91 Å². The van der Waals surface area contributed by atoms with Crippen LogP contribution in [0.4, 0.5) is 0 Å². The van der Waals surface area contributed by atoms with Gasteiger partial charge in [0.1, 0.15) is 0 Å². The van der Waals surface area contributed by atoms with Gasteiger partial charge in [-0.15, -0.1) is 0 Å². The number of nitrogens with one attached hydrogen (secondary N) is 1. The summed E-state index contributed by atoms with van der Waals surface area (Å²) in [4.78, 5) is 33.4. The van der Waals surface area contributed by atoms with E-state index in [1.807, 2.05) is 13.8 Å². The molecule has 6 heteroatoms. The number of carboxylic acid groups (broad SMARTS) is 1. The molecule has 0 heterocycles.